The van der Waals surface area contributed by atoms with E-state index in [1.165, 1.54) is 11.1 Å². The summed E-state index contributed by atoms with van der Waals surface area (Å²) < 4.78 is 13.8. The molecular weight excluding hydrogens is 364 g/mol. The summed E-state index contributed by atoms with van der Waals surface area (Å²) in [6.07, 6.45) is 1.73. The van der Waals surface area contributed by atoms with Gasteiger partial charge >= 0.3 is 0 Å². The summed E-state index contributed by atoms with van der Waals surface area (Å²) in [5.74, 6) is 1.09. The molecule has 4 rings (SSSR count). The first-order chi connectivity index (χ1) is 14.0. The zero-order valence-electron chi connectivity index (χ0n) is 16.9. The van der Waals surface area contributed by atoms with E-state index in [9.17, 15) is 4.79 Å². The molecule has 3 aromatic rings. The largest absolute Gasteiger partial charge is 0.490 e. The Morgan fingerprint density at radius 2 is 1.72 bits per heavy atom. The molecule has 1 aliphatic heterocycles. The molecule has 0 unspecified atom stereocenters. The Bertz CT molecular complexity index is 1040. The van der Waals surface area contributed by atoms with Gasteiger partial charge in [0.2, 0.25) is 0 Å². The van der Waals surface area contributed by atoms with Crippen LogP contribution in [-0.2, 0) is 13.0 Å². The maximum Gasteiger partial charge on any atom is 0.250 e. The van der Waals surface area contributed by atoms with Crippen LogP contribution in [0.25, 0.3) is 11.3 Å². The van der Waals surface area contributed by atoms with Crippen molar-refractivity contribution in [3.63, 3.8) is 0 Å². The lowest BCUT2D eigenvalue weighted by atomic mass is 10.1. The van der Waals surface area contributed by atoms with E-state index in [1.807, 2.05) is 31.2 Å². The second-order valence-corrected chi connectivity index (χ2v) is 7.49. The third kappa shape index (κ3) is 3.99. The van der Waals surface area contributed by atoms with Gasteiger partial charge in [-0.2, -0.15) is 0 Å². The first-order valence-corrected chi connectivity index (χ1v) is 9.98. The van der Waals surface area contributed by atoms with Gasteiger partial charge in [-0.05, 0) is 50.1 Å². The number of aryl methyl sites for hydroxylation is 2. The highest BCUT2D eigenvalue weighted by Gasteiger charge is 2.19. The number of hydrogen-bond acceptors (Lipinski definition) is 3. The number of rotatable bonds is 5. The molecule has 150 valence electrons. The van der Waals surface area contributed by atoms with E-state index in [4.69, 9.17) is 15.2 Å². The van der Waals surface area contributed by atoms with Gasteiger partial charge in [-0.3, -0.25) is 4.79 Å². The summed E-state index contributed by atoms with van der Waals surface area (Å²) in [6, 6.07) is 16.4. The molecular formula is C24H26N2O3. The molecule has 0 spiro atoms. The van der Waals surface area contributed by atoms with E-state index in [0.29, 0.717) is 18.8 Å². The molecule has 5 nitrogen and oxygen atoms in total. The summed E-state index contributed by atoms with van der Waals surface area (Å²) >= 11 is 0. The van der Waals surface area contributed by atoms with Crippen molar-refractivity contribution in [2.75, 3.05) is 13.2 Å². The van der Waals surface area contributed by atoms with E-state index in [1.54, 1.807) is 0 Å². The van der Waals surface area contributed by atoms with Crippen LogP contribution in [0.5, 0.6) is 11.5 Å². The molecule has 0 bridgehead atoms. The molecule has 0 saturated heterocycles. The number of amides is 1. The van der Waals surface area contributed by atoms with Crippen molar-refractivity contribution in [1.29, 1.82) is 0 Å². The van der Waals surface area contributed by atoms with Gasteiger partial charge in [-0.1, -0.05) is 29.8 Å². The maximum absolute atomic E-state index is 12.0. The fraction of sp³-hybridized carbons (Fsp3) is 0.292. The molecule has 1 aromatic heterocycles. The maximum atomic E-state index is 12.0. The molecule has 0 atom stereocenters. The summed E-state index contributed by atoms with van der Waals surface area (Å²) in [7, 11) is 0. The Kier molecular flexibility index (Phi) is 5.30. The van der Waals surface area contributed by atoms with Crippen LogP contribution >= 0.6 is 0 Å². The highest BCUT2D eigenvalue weighted by atomic mass is 16.5. The number of carbonyl (C=O) groups is 1. The molecule has 2 heterocycles. The van der Waals surface area contributed by atoms with Gasteiger partial charge in [0, 0.05) is 29.9 Å². The minimum absolute atomic E-state index is 0.410. The minimum atomic E-state index is -0.410. The molecule has 0 saturated carbocycles. The third-order valence-electron chi connectivity index (χ3n) is 5.42. The molecule has 0 radical (unpaired) electrons. The van der Waals surface area contributed by atoms with Crippen molar-refractivity contribution in [2.45, 2.75) is 33.2 Å². The van der Waals surface area contributed by atoms with Gasteiger partial charge in [-0.15, -0.1) is 0 Å². The average Bonchev–Trinajstić information content (AvgIpc) is 2.88. The van der Waals surface area contributed by atoms with Gasteiger partial charge in [0.25, 0.3) is 5.91 Å². The fourth-order valence-corrected chi connectivity index (χ4v) is 3.74. The van der Waals surface area contributed by atoms with E-state index in [-0.39, 0.29) is 0 Å². The highest BCUT2D eigenvalue weighted by Crippen LogP contribution is 2.35. The van der Waals surface area contributed by atoms with Crippen molar-refractivity contribution < 1.29 is 14.3 Å². The van der Waals surface area contributed by atoms with Gasteiger partial charge in [0.1, 0.15) is 0 Å². The van der Waals surface area contributed by atoms with Crippen LogP contribution in [0.3, 0.4) is 0 Å². The zero-order valence-corrected chi connectivity index (χ0v) is 16.9. The van der Waals surface area contributed by atoms with Crippen LogP contribution in [0.2, 0.25) is 0 Å². The quantitative estimate of drug-likeness (QED) is 0.707. The van der Waals surface area contributed by atoms with Gasteiger partial charge in [0.05, 0.1) is 18.8 Å². The van der Waals surface area contributed by atoms with Crippen LogP contribution in [0.15, 0.2) is 48.5 Å². The standard InChI is InChI=1S/C24H26N2O3/c1-16-4-6-18(7-5-16)10-11-26-17(2)20(24(25)27)15-21(26)19-8-9-22-23(14-19)29-13-3-12-28-22/h4-9,14-15H,3,10-13H2,1-2H3,(H2,25,27). The number of ether oxygens (including phenoxy) is 2. The number of carbonyl (C=O) groups excluding carboxylic acids is 1. The predicted molar refractivity (Wildman–Crippen MR) is 114 cm³/mol. The lowest BCUT2D eigenvalue weighted by Gasteiger charge is -2.14. The second kappa shape index (κ2) is 8.03. The fourth-order valence-electron chi connectivity index (χ4n) is 3.74. The number of nitrogens with zero attached hydrogens (tertiary/aromatic N) is 1. The molecule has 1 aliphatic rings. The smallest absolute Gasteiger partial charge is 0.250 e. The van der Waals surface area contributed by atoms with Crippen LogP contribution in [0, 0.1) is 13.8 Å². The van der Waals surface area contributed by atoms with Crippen molar-refractivity contribution >= 4 is 5.91 Å². The first kappa shape index (κ1) is 19.1. The van der Waals surface area contributed by atoms with E-state index in [2.05, 4.69) is 35.8 Å². The molecule has 1 amide bonds. The van der Waals surface area contributed by atoms with Crippen LogP contribution in [-0.4, -0.2) is 23.7 Å². The first-order valence-electron chi connectivity index (χ1n) is 9.98. The van der Waals surface area contributed by atoms with Crippen LogP contribution < -0.4 is 15.2 Å². The minimum Gasteiger partial charge on any atom is -0.490 e. The number of benzene rings is 2. The predicted octanol–water partition coefficient (Wildman–Crippen LogP) is 4.27. The highest BCUT2D eigenvalue weighted by molar-refractivity contribution is 5.95. The Morgan fingerprint density at radius 1 is 1.00 bits per heavy atom. The molecule has 0 fully saturated rings. The van der Waals surface area contributed by atoms with Crippen molar-refractivity contribution in [3.05, 3.63) is 70.9 Å². The Hall–Kier alpha value is -3.21. The molecule has 5 heteroatoms. The lowest BCUT2D eigenvalue weighted by molar-refractivity contribution is 0.0999. The molecule has 0 aliphatic carbocycles. The number of aromatic nitrogens is 1. The summed E-state index contributed by atoms with van der Waals surface area (Å²) in [6.45, 7) is 6.08. The van der Waals surface area contributed by atoms with E-state index in [0.717, 1.165) is 47.8 Å². The second-order valence-electron chi connectivity index (χ2n) is 7.49. The normalized spacial score (nSPS) is 13.2. The third-order valence-corrected chi connectivity index (χ3v) is 5.42. The summed E-state index contributed by atoms with van der Waals surface area (Å²) in [4.78, 5) is 12.0. The van der Waals surface area contributed by atoms with Crippen molar-refractivity contribution in [3.8, 4) is 22.8 Å². The summed E-state index contributed by atoms with van der Waals surface area (Å²) in [5, 5.41) is 0. The molecule has 2 aromatic carbocycles. The number of fused-ring (bicyclic) bond motifs is 1. The van der Waals surface area contributed by atoms with Crippen LogP contribution in [0.1, 0.15) is 33.6 Å². The van der Waals surface area contributed by atoms with E-state index < -0.39 is 5.91 Å². The topological polar surface area (TPSA) is 66.5 Å². The zero-order chi connectivity index (χ0) is 20.4. The average molecular weight is 390 g/mol. The van der Waals surface area contributed by atoms with Crippen molar-refractivity contribution in [1.82, 2.24) is 4.57 Å². The summed E-state index contributed by atoms with van der Waals surface area (Å²) in [5.41, 5.74) is 11.5. The Morgan fingerprint density at radius 3 is 2.45 bits per heavy atom. The number of hydrogen-bond donors (Lipinski definition) is 1. The van der Waals surface area contributed by atoms with E-state index >= 15 is 0 Å². The SMILES string of the molecule is Cc1ccc(CCn2c(-c3ccc4c(c3)OCCCO4)cc(C(N)=O)c2C)cc1. The lowest BCUT2D eigenvalue weighted by Crippen LogP contribution is -2.13. The number of primary amides is 1. The Balaban J connectivity index is 1.70. The Labute approximate surface area is 171 Å². The molecule has 2 N–H and O–H groups in total. The van der Waals surface area contributed by atoms with Gasteiger partial charge in [0.15, 0.2) is 11.5 Å². The monoisotopic (exact) mass is 390 g/mol. The van der Waals surface area contributed by atoms with Gasteiger partial charge < -0.3 is 19.8 Å². The number of nitrogens with two attached hydrogens (primary N) is 1. The molecule has 29 heavy (non-hydrogen) atoms. The van der Waals surface area contributed by atoms with Crippen molar-refractivity contribution in [2.24, 2.45) is 5.73 Å². The van der Waals surface area contributed by atoms with Gasteiger partial charge in [-0.25, -0.2) is 0 Å². The van der Waals surface area contributed by atoms with Crippen LogP contribution in [0.4, 0.5) is 0 Å².